The van der Waals surface area contributed by atoms with Gasteiger partial charge in [-0.05, 0) is 28.1 Å². The lowest BCUT2D eigenvalue weighted by Crippen LogP contribution is -2.00. The van der Waals surface area contributed by atoms with Gasteiger partial charge in [0.1, 0.15) is 0 Å². The standard InChI is InChI=1S/C8H6BrClN4/c9-6-4-11-14(5-6)8-2-1-7(3-10)12-13-8/h1-2,4-5H,3H2. The Balaban J connectivity index is 2.33. The molecule has 0 N–H and O–H groups in total. The molecule has 0 aromatic carbocycles. The number of halogens is 2. The van der Waals surface area contributed by atoms with Crippen LogP contribution in [0.25, 0.3) is 5.82 Å². The molecule has 14 heavy (non-hydrogen) atoms. The Hall–Kier alpha value is -0.940. The Kier molecular flexibility index (Phi) is 2.79. The Morgan fingerprint density at radius 2 is 2.21 bits per heavy atom. The van der Waals surface area contributed by atoms with Crippen molar-refractivity contribution in [2.75, 3.05) is 0 Å². The van der Waals surface area contributed by atoms with Gasteiger partial charge < -0.3 is 0 Å². The minimum Gasteiger partial charge on any atom is -0.220 e. The van der Waals surface area contributed by atoms with E-state index in [1.54, 1.807) is 10.9 Å². The highest BCUT2D eigenvalue weighted by Gasteiger charge is 2.00. The molecule has 0 unspecified atom stereocenters. The van der Waals surface area contributed by atoms with Crippen LogP contribution in [0.4, 0.5) is 0 Å². The fourth-order valence-electron chi connectivity index (χ4n) is 0.972. The predicted molar refractivity (Wildman–Crippen MR) is 56.4 cm³/mol. The van der Waals surface area contributed by atoms with E-state index in [1.165, 1.54) is 0 Å². The van der Waals surface area contributed by atoms with Gasteiger partial charge in [-0.3, -0.25) is 0 Å². The quantitative estimate of drug-likeness (QED) is 0.788. The molecule has 0 aliphatic carbocycles. The van der Waals surface area contributed by atoms with Crippen molar-refractivity contribution in [3.8, 4) is 5.82 Å². The topological polar surface area (TPSA) is 43.6 Å². The van der Waals surface area contributed by atoms with Crippen LogP contribution in [0.3, 0.4) is 0 Å². The molecule has 0 amide bonds. The number of alkyl halides is 1. The molecule has 0 fully saturated rings. The SMILES string of the molecule is ClCc1ccc(-n2cc(Br)cn2)nn1. The normalized spacial score (nSPS) is 10.4. The van der Waals surface area contributed by atoms with Crippen LogP contribution in [-0.4, -0.2) is 20.0 Å². The smallest absolute Gasteiger partial charge is 0.175 e. The summed E-state index contributed by atoms with van der Waals surface area (Å²) in [6.45, 7) is 0. The summed E-state index contributed by atoms with van der Waals surface area (Å²) in [5.41, 5.74) is 0.752. The number of nitrogens with zero attached hydrogens (tertiary/aromatic N) is 4. The predicted octanol–water partition coefficient (Wildman–Crippen LogP) is 2.16. The van der Waals surface area contributed by atoms with E-state index in [4.69, 9.17) is 11.6 Å². The molecule has 0 bridgehead atoms. The number of hydrogen-bond donors (Lipinski definition) is 0. The average molecular weight is 274 g/mol. The lowest BCUT2D eigenvalue weighted by molar-refractivity contribution is 0.804. The van der Waals surface area contributed by atoms with E-state index in [2.05, 4.69) is 31.2 Å². The third-order valence-electron chi connectivity index (χ3n) is 1.63. The van der Waals surface area contributed by atoms with Gasteiger partial charge in [0, 0.05) is 6.20 Å². The molecule has 0 saturated heterocycles. The number of rotatable bonds is 2. The molecular weight excluding hydrogens is 267 g/mol. The summed E-state index contributed by atoms with van der Waals surface area (Å²) in [6.07, 6.45) is 3.50. The Bertz CT molecular complexity index is 425. The third-order valence-corrected chi connectivity index (χ3v) is 2.31. The van der Waals surface area contributed by atoms with Gasteiger partial charge in [0.05, 0.1) is 22.2 Å². The van der Waals surface area contributed by atoms with Crippen molar-refractivity contribution < 1.29 is 0 Å². The van der Waals surface area contributed by atoms with Crippen molar-refractivity contribution in [3.05, 3.63) is 34.7 Å². The summed E-state index contributed by atoms with van der Waals surface area (Å²) >= 11 is 8.90. The number of aromatic nitrogens is 4. The average Bonchev–Trinajstić information content (AvgIpc) is 2.65. The molecule has 0 aliphatic heterocycles. The highest BCUT2D eigenvalue weighted by atomic mass is 79.9. The summed E-state index contributed by atoms with van der Waals surface area (Å²) < 4.78 is 2.54. The van der Waals surface area contributed by atoms with Gasteiger partial charge in [-0.15, -0.1) is 16.7 Å². The summed E-state index contributed by atoms with van der Waals surface area (Å²) in [7, 11) is 0. The van der Waals surface area contributed by atoms with Crippen LogP contribution in [0.2, 0.25) is 0 Å². The fourth-order valence-corrected chi connectivity index (χ4v) is 1.40. The van der Waals surface area contributed by atoms with Gasteiger partial charge in [0.15, 0.2) is 5.82 Å². The maximum atomic E-state index is 5.60. The zero-order valence-electron chi connectivity index (χ0n) is 7.06. The Morgan fingerprint density at radius 3 is 2.71 bits per heavy atom. The summed E-state index contributed by atoms with van der Waals surface area (Å²) in [5, 5.41) is 12.0. The maximum absolute atomic E-state index is 5.60. The van der Waals surface area contributed by atoms with E-state index in [-0.39, 0.29) is 0 Å². The zero-order chi connectivity index (χ0) is 9.97. The molecule has 0 atom stereocenters. The van der Waals surface area contributed by atoms with Crippen LogP contribution in [0.15, 0.2) is 29.0 Å². The van der Waals surface area contributed by atoms with Gasteiger partial charge in [-0.25, -0.2) is 4.68 Å². The second kappa shape index (κ2) is 4.06. The zero-order valence-corrected chi connectivity index (χ0v) is 9.40. The Labute approximate surface area is 94.0 Å². The summed E-state index contributed by atoms with van der Waals surface area (Å²) in [6, 6.07) is 3.65. The van der Waals surface area contributed by atoms with E-state index >= 15 is 0 Å². The Morgan fingerprint density at radius 1 is 1.36 bits per heavy atom. The maximum Gasteiger partial charge on any atom is 0.175 e. The molecule has 0 radical (unpaired) electrons. The van der Waals surface area contributed by atoms with Crippen LogP contribution in [-0.2, 0) is 5.88 Å². The van der Waals surface area contributed by atoms with Crippen molar-refractivity contribution in [1.82, 2.24) is 20.0 Å². The minimum atomic E-state index is 0.371. The van der Waals surface area contributed by atoms with Crippen LogP contribution in [0.5, 0.6) is 0 Å². The third kappa shape index (κ3) is 1.93. The minimum absolute atomic E-state index is 0.371. The monoisotopic (exact) mass is 272 g/mol. The molecule has 0 aliphatic rings. The molecule has 0 spiro atoms. The molecule has 2 aromatic heterocycles. The second-order valence-corrected chi connectivity index (χ2v) is 3.80. The highest BCUT2D eigenvalue weighted by molar-refractivity contribution is 9.10. The van der Waals surface area contributed by atoms with Crippen LogP contribution in [0, 0.1) is 0 Å². The van der Waals surface area contributed by atoms with Gasteiger partial charge in [-0.2, -0.15) is 10.2 Å². The lowest BCUT2D eigenvalue weighted by Gasteiger charge is -1.98. The second-order valence-electron chi connectivity index (χ2n) is 2.62. The van der Waals surface area contributed by atoms with Crippen molar-refractivity contribution in [2.24, 2.45) is 0 Å². The van der Waals surface area contributed by atoms with Crippen LogP contribution >= 0.6 is 27.5 Å². The van der Waals surface area contributed by atoms with E-state index < -0.39 is 0 Å². The largest absolute Gasteiger partial charge is 0.220 e. The fraction of sp³-hybridized carbons (Fsp3) is 0.125. The van der Waals surface area contributed by atoms with Crippen LogP contribution in [0.1, 0.15) is 5.69 Å². The first-order valence-corrected chi connectivity index (χ1v) is 5.21. The van der Waals surface area contributed by atoms with Crippen molar-refractivity contribution >= 4 is 27.5 Å². The molecule has 72 valence electrons. The van der Waals surface area contributed by atoms with E-state index in [0.717, 1.165) is 10.2 Å². The van der Waals surface area contributed by atoms with Crippen molar-refractivity contribution in [3.63, 3.8) is 0 Å². The molecule has 2 rings (SSSR count). The molecule has 4 nitrogen and oxygen atoms in total. The first-order valence-electron chi connectivity index (χ1n) is 3.89. The van der Waals surface area contributed by atoms with E-state index in [1.807, 2.05) is 18.3 Å². The van der Waals surface area contributed by atoms with Gasteiger partial charge in [0.25, 0.3) is 0 Å². The highest BCUT2D eigenvalue weighted by Crippen LogP contribution is 2.10. The molecule has 6 heteroatoms. The van der Waals surface area contributed by atoms with E-state index in [9.17, 15) is 0 Å². The molecular formula is C8H6BrClN4. The lowest BCUT2D eigenvalue weighted by atomic mass is 10.4. The molecule has 2 heterocycles. The summed E-state index contributed by atoms with van der Waals surface area (Å²) in [4.78, 5) is 0. The van der Waals surface area contributed by atoms with Gasteiger partial charge in [-0.1, -0.05) is 0 Å². The molecule has 2 aromatic rings. The summed E-state index contributed by atoms with van der Waals surface area (Å²) in [5.74, 6) is 1.04. The van der Waals surface area contributed by atoms with Crippen molar-refractivity contribution in [2.45, 2.75) is 5.88 Å². The van der Waals surface area contributed by atoms with Gasteiger partial charge in [0.2, 0.25) is 0 Å². The van der Waals surface area contributed by atoms with E-state index in [0.29, 0.717) is 11.7 Å². The van der Waals surface area contributed by atoms with Gasteiger partial charge >= 0.3 is 0 Å². The number of hydrogen-bond acceptors (Lipinski definition) is 3. The molecule has 0 saturated carbocycles. The van der Waals surface area contributed by atoms with Crippen LogP contribution < -0.4 is 0 Å². The first kappa shape index (κ1) is 9.61. The van der Waals surface area contributed by atoms with Crippen molar-refractivity contribution in [1.29, 1.82) is 0 Å². The first-order chi connectivity index (χ1) is 6.79.